The minimum Gasteiger partial charge on any atom is -0.497 e. The summed E-state index contributed by atoms with van der Waals surface area (Å²) < 4.78 is 66.7. The maximum absolute atomic E-state index is 13.3. The summed E-state index contributed by atoms with van der Waals surface area (Å²) in [7, 11) is -2.93. The summed E-state index contributed by atoms with van der Waals surface area (Å²) in [5.41, 5.74) is 1.04. The first-order valence-electron chi connectivity index (χ1n) is 9.73. The van der Waals surface area contributed by atoms with Crippen LogP contribution in [0.15, 0.2) is 47.4 Å². The van der Waals surface area contributed by atoms with E-state index in [1.165, 1.54) is 32.4 Å². The van der Waals surface area contributed by atoms with Crippen LogP contribution in [-0.2, 0) is 26.1 Å². The van der Waals surface area contributed by atoms with Gasteiger partial charge in [-0.2, -0.15) is 0 Å². The number of methoxy groups -OCH3 is 3. The lowest BCUT2D eigenvalue weighted by Gasteiger charge is -2.20. The van der Waals surface area contributed by atoms with Crippen LogP contribution in [0.25, 0.3) is 0 Å². The fourth-order valence-corrected chi connectivity index (χ4v) is 8.40. The van der Waals surface area contributed by atoms with E-state index >= 15 is 0 Å². The second-order valence-electron chi connectivity index (χ2n) is 7.34. The number of hydrogen-bond donors (Lipinski definition) is 1. The van der Waals surface area contributed by atoms with E-state index < -0.39 is 36.7 Å². The molecule has 8 nitrogen and oxygen atoms in total. The molecule has 170 valence electrons. The van der Waals surface area contributed by atoms with Crippen molar-refractivity contribution >= 4 is 19.7 Å². The highest BCUT2D eigenvalue weighted by Gasteiger charge is 2.45. The summed E-state index contributed by atoms with van der Waals surface area (Å²) in [4.78, 5) is 0.00852. The topological polar surface area (TPSA) is 108 Å². The van der Waals surface area contributed by atoms with Crippen molar-refractivity contribution in [3.63, 3.8) is 0 Å². The second kappa shape index (κ2) is 9.46. The highest BCUT2D eigenvalue weighted by molar-refractivity contribution is 7.96. The zero-order valence-electron chi connectivity index (χ0n) is 17.7. The zero-order chi connectivity index (χ0) is 22.6. The lowest BCUT2D eigenvalue weighted by atomic mass is 10.1. The molecule has 2 atom stereocenters. The van der Waals surface area contributed by atoms with E-state index in [2.05, 4.69) is 5.32 Å². The van der Waals surface area contributed by atoms with Crippen LogP contribution in [0.5, 0.6) is 17.2 Å². The molecule has 0 spiro atoms. The average Bonchev–Trinajstić information content (AvgIpc) is 3.08. The fourth-order valence-electron chi connectivity index (χ4n) is 3.67. The van der Waals surface area contributed by atoms with Crippen molar-refractivity contribution in [1.29, 1.82) is 0 Å². The van der Waals surface area contributed by atoms with E-state index in [1.807, 2.05) is 24.3 Å². The van der Waals surface area contributed by atoms with Crippen LogP contribution < -0.4 is 19.5 Å². The quantitative estimate of drug-likeness (QED) is 0.589. The molecule has 1 aliphatic rings. The monoisotopic (exact) mass is 469 g/mol. The van der Waals surface area contributed by atoms with Crippen LogP contribution in [0.2, 0.25) is 0 Å². The van der Waals surface area contributed by atoms with Gasteiger partial charge in [-0.25, -0.2) is 16.8 Å². The second-order valence-corrected chi connectivity index (χ2v) is 11.7. The van der Waals surface area contributed by atoms with Gasteiger partial charge in [0.25, 0.3) is 0 Å². The molecule has 1 saturated heterocycles. The molecule has 0 aromatic heterocycles. The SMILES string of the molecule is COc1ccc(CCN[C@H]2CS(=O)(=O)C[C@@H]2S(=O)(=O)c2ccc(OC)c(OC)c2)cc1. The standard InChI is InChI=1S/C21H27NO7S2/c1-27-16-6-4-15(5-7-16)10-11-22-18-13-30(23,24)14-21(18)31(25,26)17-8-9-19(28-2)20(12-17)29-3/h4-9,12,18,21-22H,10-11,13-14H2,1-3H3/t18-,21-/m0/s1. The van der Waals surface area contributed by atoms with Crippen molar-refractivity contribution in [1.82, 2.24) is 5.32 Å². The minimum absolute atomic E-state index is 0.00852. The predicted octanol–water partition coefficient (Wildman–Crippen LogP) is 1.48. The van der Waals surface area contributed by atoms with Gasteiger partial charge in [-0.15, -0.1) is 0 Å². The maximum Gasteiger partial charge on any atom is 0.183 e. The zero-order valence-corrected chi connectivity index (χ0v) is 19.3. The Kier molecular flexibility index (Phi) is 7.13. The number of benzene rings is 2. The van der Waals surface area contributed by atoms with E-state index in [4.69, 9.17) is 14.2 Å². The van der Waals surface area contributed by atoms with Crippen molar-refractivity contribution in [3.05, 3.63) is 48.0 Å². The molecule has 2 aromatic carbocycles. The largest absolute Gasteiger partial charge is 0.497 e. The molecular weight excluding hydrogens is 442 g/mol. The first-order chi connectivity index (χ1) is 14.7. The Morgan fingerprint density at radius 3 is 2.23 bits per heavy atom. The van der Waals surface area contributed by atoms with Gasteiger partial charge in [0.05, 0.1) is 43.0 Å². The first kappa shape index (κ1) is 23.4. The van der Waals surface area contributed by atoms with Gasteiger partial charge < -0.3 is 19.5 Å². The molecule has 31 heavy (non-hydrogen) atoms. The Balaban J connectivity index is 1.77. The molecule has 10 heteroatoms. The van der Waals surface area contributed by atoms with E-state index in [0.29, 0.717) is 18.7 Å². The number of ether oxygens (including phenoxy) is 3. The summed E-state index contributed by atoms with van der Waals surface area (Å²) in [6.45, 7) is 0.449. The molecule has 1 N–H and O–H groups in total. The Bertz CT molecular complexity index is 1110. The molecule has 1 aliphatic heterocycles. The first-order valence-corrected chi connectivity index (χ1v) is 13.1. The number of hydrogen-bond acceptors (Lipinski definition) is 8. The molecule has 1 heterocycles. The Labute approximate surface area is 183 Å². The van der Waals surface area contributed by atoms with Crippen molar-refractivity contribution in [3.8, 4) is 17.2 Å². The molecule has 2 aromatic rings. The molecule has 0 radical (unpaired) electrons. The van der Waals surface area contributed by atoms with Gasteiger partial charge in [0.2, 0.25) is 0 Å². The number of nitrogens with one attached hydrogen (secondary N) is 1. The van der Waals surface area contributed by atoms with Crippen LogP contribution in [0.3, 0.4) is 0 Å². The third kappa shape index (κ3) is 5.31. The molecule has 0 bridgehead atoms. The molecule has 0 unspecified atom stereocenters. The molecule has 3 rings (SSSR count). The maximum atomic E-state index is 13.3. The van der Waals surface area contributed by atoms with Crippen molar-refractivity contribution in [2.24, 2.45) is 0 Å². The molecule has 0 amide bonds. The smallest absolute Gasteiger partial charge is 0.183 e. The van der Waals surface area contributed by atoms with Crippen LogP contribution in [-0.4, -0.2) is 67.5 Å². The van der Waals surface area contributed by atoms with E-state index in [-0.39, 0.29) is 16.4 Å². The highest BCUT2D eigenvalue weighted by atomic mass is 32.2. The van der Waals surface area contributed by atoms with Crippen LogP contribution in [0, 0.1) is 0 Å². The van der Waals surface area contributed by atoms with Gasteiger partial charge in [0, 0.05) is 12.1 Å². The summed E-state index contributed by atoms with van der Waals surface area (Å²) in [5.74, 6) is 0.791. The van der Waals surface area contributed by atoms with Crippen LogP contribution >= 0.6 is 0 Å². The highest BCUT2D eigenvalue weighted by Crippen LogP contribution is 2.33. The molecular formula is C21H27NO7S2. The normalized spacial score (nSPS) is 20.4. The van der Waals surface area contributed by atoms with Crippen LogP contribution in [0.4, 0.5) is 0 Å². The van der Waals surface area contributed by atoms with E-state index in [1.54, 1.807) is 7.11 Å². The predicted molar refractivity (Wildman–Crippen MR) is 118 cm³/mol. The van der Waals surface area contributed by atoms with Gasteiger partial charge in [0.1, 0.15) is 5.75 Å². The third-order valence-corrected chi connectivity index (χ3v) is 9.51. The Morgan fingerprint density at radius 1 is 0.935 bits per heavy atom. The third-order valence-electron chi connectivity index (χ3n) is 5.36. The van der Waals surface area contributed by atoms with Crippen LogP contribution in [0.1, 0.15) is 5.56 Å². The summed E-state index contributed by atoms with van der Waals surface area (Å²) in [5, 5.41) is 2.07. The molecule has 0 saturated carbocycles. The summed E-state index contributed by atoms with van der Waals surface area (Å²) in [6, 6.07) is 11.1. The van der Waals surface area contributed by atoms with Crippen molar-refractivity contribution in [2.45, 2.75) is 22.6 Å². The minimum atomic E-state index is -3.91. The van der Waals surface area contributed by atoms with Gasteiger partial charge in [-0.1, -0.05) is 12.1 Å². The van der Waals surface area contributed by atoms with Gasteiger partial charge in [-0.3, -0.25) is 0 Å². The van der Waals surface area contributed by atoms with Crippen molar-refractivity contribution < 1.29 is 31.0 Å². The Hall–Kier alpha value is -2.30. The number of sulfone groups is 2. The van der Waals surface area contributed by atoms with E-state index in [0.717, 1.165) is 11.3 Å². The lowest BCUT2D eigenvalue weighted by molar-refractivity contribution is 0.354. The number of rotatable bonds is 9. The van der Waals surface area contributed by atoms with Gasteiger partial charge in [0.15, 0.2) is 31.2 Å². The van der Waals surface area contributed by atoms with Gasteiger partial charge in [-0.05, 0) is 42.8 Å². The average molecular weight is 470 g/mol. The summed E-state index contributed by atoms with van der Waals surface area (Å²) >= 11 is 0. The Morgan fingerprint density at radius 2 is 1.61 bits per heavy atom. The summed E-state index contributed by atoms with van der Waals surface area (Å²) in [6.07, 6.45) is 0.629. The lowest BCUT2D eigenvalue weighted by Crippen LogP contribution is -2.44. The van der Waals surface area contributed by atoms with E-state index in [9.17, 15) is 16.8 Å². The van der Waals surface area contributed by atoms with Crippen molar-refractivity contribution in [2.75, 3.05) is 39.4 Å². The fraction of sp³-hybridized carbons (Fsp3) is 0.429. The molecule has 0 aliphatic carbocycles. The van der Waals surface area contributed by atoms with Gasteiger partial charge >= 0.3 is 0 Å². The molecule has 1 fully saturated rings.